The van der Waals surface area contributed by atoms with Crippen molar-refractivity contribution < 1.29 is 18.3 Å². The molecular formula is C23H33FIN3O3. The van der Waals surface area contributed by atoms with E-state index in [2.05, 4.69) is 15.2 Å². The summed E-state index contributed by atoms with van der Waals surface area (Å²) in [7, 11) is 1.80. The van der Waals surface area contributed by atoms with E-state index in [0.717, 1.165) is 61.6 Å². The van der Waals surface area contributed by atoms with Gasteiger partial charge in [-0.15, -0.1) is 24.0 Å². The van der Waals surface area contributed by atoms with Crippen molar-refractivity contribution in [3.63, 3.8) is 0 Å². The average molecular weight is 545 g/mol. The van der Waals surface area contributed by atoms with Crippen LogP contribution in [0.3, 0.4) is 0 Å². The molecule has 0 bridgehead atoms. The Kier molecular flexibility index (Phi) is 8.97. The molecule has 3 heterocycles. The maximum Gasteiger partial charge on any atom is 0.194 e. The van der Waals surface area contributed by atoms with Gasteiger partial charge in [-0.2, -0.15) is 0 Å². The van der Waals surface area contributed by atoms with E-state index in [4.69, 9.17) is 13.9 Å². The highest BCUT2D eigenvalue weighted by molar-refractivity contribution is 14.0. The molecule has 2 fully saturated rings. The number of benzene rings is 1. The Bertz CT molecular complexity index is 874. The quantitative estimate of drug-likeness (QED) is 0.338. The Balaban J connectivity index is 0.00000272. The third kappa shape index (κ3) is 6.10. The number of rotatable bonds is 5. The van der Waals surface area contributed by atoms with Crippen LogP contribution in [0.4, 0.5) is 4.39 Å². The summed E-state index contributed by atoms with van der Waals surface area (Å²) in [5.41, 5.74) is 1.67. The summed E-state index contributed by atoms with van der Waals surface area (Å²) >= 11 is 0. The Morgan fingerprint density at radius 1 is 1.26 bits per heavy atom. The molecule has 4 rings (SSSR count). The molecule has 1 aromatic heterocycles. The number of furan rings is 1. The molecule has 1 atom stereocenters. The number of hydrogen-bond donors (Lipinski definition) is 1. The summed E-state index contributed by atoms with van der Waals surface area (Å²) in [6, 6.07) is 4.63. The van der Waals surface area contributed by atoms with Gasteiger partial charge >= 0.3 is 0 Å². The Morgan fingerprint density at radius 2 is 2.06 bits per heavy atom. The van der Waals surface area contributed by atoms with Crippen molar-refractivity contribution in [2.45, 2.75) is 57.8 Å². The molecule has 1 N–H and O–H groups in total. The molecule has 2 aromatic rings. The van der Waals surface area contributed by atoms with Gasteiger partial charge in [0.15, 0.2) is 5.96 Å². The maximum absolute atomic E-state index is 13.5. The first-order valence-corrected chi connectivity index (χ1v) is 11.0. The molecule has 1 aromatic carbocycles. The lowest BCUT2D eigenvalue weighted by Crippen LogP contribution is -2.47. The number of guanidine groups is 1. The molecule has 2 aliphatic rings. The van der Waals surface area contributed by atoms with Crippen LogP contribution in [-0.4, -0.2) is 56.4 Å². The number of aryl methyl sites for hydroxylation is 1. The zero-order valence-electron chi connectivity index (χ0n) is 18.4. The van der Waals surface area contributed by atoms with Gasteiger partial charge < -0.3 is 24.1 Å². The maximum atomic E-state index is 13.5. The highest BCUT2D eigenvalue weighted by Gasteiger charge is 2.24. The molecular weight excluding hydrogens is 512 g/mol. The Hall–Kier alpha value is -1.39. The lowest BCUT2D eigenvalue weighted by atomic mass is 10.1. The lowest BCUT2D eigenvalue weighted by molar-refractivity contribution is -0.0721. The molecule has 0 saturated carbocycles. The minimum Gasteiger partial charge on any atom is -0.459 e. The third-order valence-corrected chi connectivity index (χ3v) is 6.15. The van der Waals surface area contributed by atoms with Gasteiger partial charge in [-0.25, -0.2) is 4.39 Å². The van der Waals surface area contributed by atoms with E-state index >= 15 is 0 Å². The van der Waals surface area contributed by atoms with E-state index in [-0.39, 0.29) is 42.0 Å². The van der Waals surface area contributed by atoms with Gasteiger partial charge in [0.05, 0.1) is 25.4 Å². The van der Waals surface area contributed by atoms with Crippen LogP contribution in [0, 0.1) is 12.7 Å². The van der Waals surface area contributed by atoms with Crippen LogP contribution >= 0.6 is 24.0 Å². The molecule has 0 aliphatic carbocycles. The van der Waals surface area contributed by atoms with Gasteiger partial charge in [-0.3, -0.25) is 4.99 Å². The number of halogens is 2. The van der Waals surface area contributed by atoms with Gasteiger partial charge in [0.2, 0.25) is 0 Å². The van der Waals surface area contributed by atoms with Gasteiger partial charge in [-0.05, 0) is 57.2 Å². The first-order chi connectivity index (χ1) is 14.6. The van der Waals surface area contributed by atoms with E-state index in [1.807, 2.05) is 6.92 Å². The fourth-order valence-corrected chi connectivity index (χ4v) is 4.32. The number of aliphatic imine (C=N–C) groups is 1. The van der Waals surface area contributed by atoms with E-state index in [0.29, 0.717) is 18.7 Å². The minimum absolute atomic E-state index is 0. The zero-order valence-corrected chi connectivity index (χ0v) is 20.7. The molecule has 8 heteroatoms. The summed E-state index contributed by atoms with van der Waals surface area (Å²) < 4.78 is 31.3. The number of nitrogens with zero attached hydrogens (tertiary/aromatic N) is 2. The summed E-state index contributed by atoms with van der Waals surface area (Å²) in [5.74, 6) is 1.42. The Labute approximate surface area is 200 Å². The summed E-state index contributed by atoms with van der Waals surface area (Å²) in [6.07, 6.45) is 6.05. The normalized spacial score (nSPS) is 20.7. The van der Waals surface area contributed by atoms with Crippen molar-refractivity contribution in [3.8, 4) is 0 Å². The molecule has 0 radical (unpaired) electrons. The molecule has 31 heavy (non-hydrogen) atoms. The third-order valence-electron chi connectivity index (χ3n) is 6.15. The largest absolute Gasteiger partial charge is 0.459 e. The van der Waals surface area contributed by atoms with E-state index in [1.165, 1.54) is 25.0 Å². The van der Waals surface area contributed by atoms with Crippen molar-refractivity contribution in [2.75, 3.05) is 33.4 Å². The van der Waals surface area contributed by atoms with E-state index < -0.39 is 0 Å². The minimum atomic E-state index is -0.248. The molecule has 2 aliphatic heterocycles. The van der Waals surface area contributed by atoms with Crippen molar-refractivity contribution in [1.82, 2.24) is 10.2 Å². The van der Waals surface area contributed by atoms with Crippen molar-refractivity contribution in [2.24, 2.45) is 4.99 Å². The van der Waals surface area contributed by atoms with Gasteiger partial charge in [0.1, 0.15) is 17.2 Å². The number of nitrogens with one attached hydrogen (secondary N) is 1. The molecule has 0 amide bonds. The number of piperidine rings is 1. The van der Waals surface area contributed by atoms with Crippen LogP contribution in [0.1, 0.15) is 43.4 Å². The van der Waals surface area contributed by atoms with Crippen molar-refractivity contribution in [3.05, 3.63) is 35.3 Å². The first-order valence-electron chi connectivity index (χ1n) is 11.0. The molecule has 1 unspecified atom stereocenters. The van der Waals surface area contributed by atoms with Crippen LogP contribution in [-0.2, 0) is 16.0 Å². The summed E-state index contributed by atoms with van der Waals surface area (Å²) in [5, 5.41) is 4.22. The van der Waals surface area contributed by atoms with Crippen molar-refractivity contribution >= 4 is 40.9 Å². The molecule has 6 nitrogen and oxygen atoms in total. The van der Waals surface area contributed by atoms with Crippen LogP contribution < -0.4 is 5.32 Å². The van der Waals surface area contributed by atoms with Crippen LogP contribution in [0.25, 0.3) is 11.0 Å². The number of ether oxygens (including phenoxy) is 2. The average Bonchev–Trinajstić information content (AvgIpc) is 3.09. The van der Waals surface area contributed by atoms with Gasteiger partial charge in [0, 0.05) is 37.7 Å². The second kappa shape index (κ2) is 11.5. The second-order valence-electron chi connectivity index (χ2n) is 8.20. The first kappa shape index (κ1) is 24.3. The standard InChI is InChI=1S/C23H32FN3O3.HI/c1-16-20-13-17(24)6-7-21(20)30-22(16)14-26-23(25-2)27-10-8-18(9-11-27)29-15-19-5-3-4-12-28-19;/h6-7,13,18-19H,3-5,8-12,14-15H2,1-2H3,(H,25,26);1H. The Morgan fingerprint density at radius 3 is 2.77 bits per heavy atom. The van der Waals surface area contributed by atoms with E-state index in [1.54, 1.807) is 13.1 Å². The van der Waals surface area contributed by atoms with Gasteiger partial charge in [-0.1, -0.05) is 0 Å². The number of fused-ring (bicyclic) bond motifs is 1. The van der Waals surface area contributed by atoms with Crippen molar-refractivity contribution in [1.29, 1.82) is 0 Å². The highest BCUT2D eigenvalue weighted by atomic mass is 127. The molecule has 0 spiro atoms. The fourth-order valence-electron chi connectivity index (χ4n) is 4.32. The predicted molar refractivity (Wildman–Crippen MR) is 131 cm³/mol. The molecule has 2 saturated heterocycles. The lowest BCUT2D eigenvalue weighted by Gasteiger charge is -2.35. The van der Waals surface area contributed by atoms with Crippen LogP contribution in [0.15, 0.2) is 27.6 Å². The second-order valence-corrected chi connectivity index (χ2v) is 8.20. The molecule has 172 valence electrons. The number of hydrogen-bond acceptors (Lipinski definition) is 4. The predicted octanol–water partition coefficient (Wildman–Crippen LogP) is 4.62. The number of likely N-dealkylation sites (tertiary alicyclic amines) is 1. The fraction of sp³-hybridized carbons (Fsp3) is 0.609. The van der Waals surface area contributed by atoms with Gasteiger partial charge in [0.25, 0.3) is 0 Å². The SMILES string of the molecule is CN=C(NCc1oc2ccc(F)cc2c1C)N1CCC(OCC2CCCCO2)CC1.I. The summed E-state index contributed by atoms with van der Waals surface area (Å²) in [6.45, 7) is 5.87. The smallest absolute Gasteiger partial charge is 0.194 e. The van der Waals surface area contributed by atoms with E-state index in [9.17, 15) is 4.39 Å². The summed E-state index contributed by atoms with van der Waals surface area (Å²) in [4.78, 5) is 6.70. The zero-order chi connectivity index (χ0) is 20.9. The highest BCUT2D eigenvalue weighted by Crippen LogP contribution is 2.26. The van der Waals surface area contributed by atoms with Crippen LogP contribution in [0.2, 0.25) is 0 Å². The topological polar surface area (TPSA) is 59.2 Å². The van der Waals surface area contributed by atoms with Crippen LogP contribution in [0.5, 0.6) is 0 Å². The monoisotopic (exact) mass is 545 g/mol.